The summed E-state index contributed by atoms with van der Waals surface area (Å²) in [4.78, 5) is 0. The van der Waals surface area contributed by atoms with Gasteiger partial charge < -0.3 is 49.9 Å². The van der Waals surface area contributed by atoms with Crippen molar-refractivity contribution in [3.8, 4) is 0 Å². The third kappa shape index (κ3) is 9.76. The first-order valence-electron chi connectivity index (χ1n) is 11.5. The summed E-state index contributed by atoms with van der Waals surface area (Å²) < 4.78 is 0. The number of hydrogen-bond donors (Lipinski definition) is 3. The quantitative estimate of drug-likeness (QED) is 0.311. The minimum Gasteiger partial charge on any atom is -1.00 e. The van der Waals surface area contributed by atoms with Crippen molar-refractivity contribution in [2.24, 2.45) is 0 Å². The summed E-state index contributed by atoms with van der Waals surface area (Å²) in [5, 5.41) is 11.2. The van der Waals surface area contributed by atoms with E-state index in [0.717, 1.165) is 38.8 Å². The first-order valence-corrected chi connectivity index (χ1v) is 11.5. The molecule has 1 radical (unpaired) electrons. The number of nitrogens with one attached hydrogen (secondary N) is 3. The van der Waals surface area contributed by atoms with E-state index in [-0.39, 0.29) is 50.7 Å². The summed E-state index contributed by atoms with van der Waals surface area (Å²) in [6, 6.07) is 14.1. The summed E-state index contributed by atoms with van der Waals surface area (Å²) in [6.45, 7) is 15.3. The number of anilines is 2. The molecule has 0 fully saturated rings. The molecule has 2 unspecified atom stereocenters. The Hall–Kier alpha value is -0.534. The van der Waals surface area contributed by atoms with Crippen molar-refractivity contribution in [1.82, 2.24) is 5.32 Å². The second-order valence-electron chi connectivity index (χ2n) is 8.07. The molecule has 3 nitrogen and oxygen atoms in total. The Kier molecular flexibility index (Phi) is 18.8. The fourth-order valence-corrected chi connectivity index (χ4v) is 3.97. The van der Waals surface area contributed by atoms with E-state index in [1.165, 1.54) is 33.6 Å². The van der Waals surface area contributed by atoms with Crippen LogP contribution in [0.15, 0.2) is 36.4 Å². The van der Waals surface area contributed by atoms with E-state index in [9.17, 15) is 0 Å². The molecule has 0 spiro atoms. The van der Waals surface area contributed by atoms with E-state index in [4.69, 9.17) is 0 Å². The van der Waals surface area contributed by atoms with Crippen LogP contribution in [0.4, 0.5) is 11.4 Å². The predicted molar refractivity (Wildman–Crippen MR) is 129 cm³/mol. The Labute approximate surface area is 228 Å². The van der Waals surface area contributed by atoms with E-state index >= 15 is 0 Å². The van der Waals surface area contributed by atoms with Gasteiger partial charge in [-0.05, 0) is 61.8 Å². The van der Waals surface area contributed by atoms with Crippen LogP contribution < -0.4 is 49.9 Å². The zero-order valence-corrected chi connectivity index (χ0v) is 24.7. The second-order valence-corrected chi connectivity index (χ2v) is 8.07. The molecule has 183 valence electrons. The molecule has 2 rings (SSSR count). The maximum absolute atomic E-state index is 3.76. The number of halogens is 2. The molecule has 0 amide bonds. The van der Waals surface area contributed by atoms with Gasteiger partial charge in [0.05, 0.1) is 0 Å². The van der Waals surface area contributed by atoms with Gasteiger partial charge in [-0.25, -0.2) is 0 Å². The second kappa shape index (κ2) is 17.9. The van der Waals surface area contributed by atoms with Crippen LogP contribution in [0.3, 0.4) is 0 Å². The Morgan fingerprint density at radius 3 is 1.12 bits per heavy atom. The molecule has 0 heterocycles. The van der Waals surface area contributed by atoms with Gasteiger partial charge in [0.15, 0.2) is 0 Å². The smallest absolute Gasteiger partial charge is 1.00 e. The minimum atomic E-state index is 0. The standard InChI is InChI=1S/C26H41N3.2BrH.Co/c1-7-21-13-11-14-22(8-2)25(21)28-19(5)17-27-18-20(6)29-26-23(9-3)15-12-16-24(26)10-4;;;/h11-16,19-20,27-29H,7-10,17-18H2,1-6H3;2*1H;/q;;;+2/p-2. The van der Waals surface area contributed by atoms with Gasteiger partial charge in [0, 0.05) is 36.5 Å². The summed E-state index contributed by atoms with van der Waals surface area (Å²) in [7, 11) is 0. The SMILES string of the molecule is CCc1cccc(CC)c1NC(C)CNCC(C)Nc1c(CC)cccc1CC.[Br-].[Br-].[Co+2]. The molecular formula is C26H41Br2CoN3. The van der Waals surface area contributed by atoms with Gasteiger partial charge in [-0.3, -0.25) is 0 Å². The number of hydrogen-bond acceptors (Lipinski definition) is 3. The zero-order valence-electron chi connectivity index (χ0n) is 20.5. The van der Waals surface area contributed by atoms with Crippen LogP contribution in [-0.4, -0.2) is 25.2 Å². The average Bonchev–Trinajstić information content (AvgIpc) is 2.73. The van der Waals surface area contributed by atoms with Gasteiger partial charge in [0.25, 0.3) is 0 Å². The summed E-state index contributed by atoms with van der Waals surface area (Å²) >= 11 is 0. The maximum Gasteiger partial charge on any atom is 2.00 e. The molecule has 2 aromatic carbocycles. The number of benzene rings is 2. The fourth-order valence-electron chi connectivity index (χ4n) is 3.97. The first-order chi connectivity index (χ1) is 14.0. The molecule has 0 saturated carbocycles. The average molecular weight is 614 g/mol. The maximum atomic E-state index is 3.76. The topological polar surface area (TPSA) is 36.1 Å². The van der Waals surface area contributed by atoms with Gasteiger partial charge >= 0.3 is 16.8 Å². The molecule has 6 heteroatoms. The van der Waals surface area contributed by atoms with E-state index in [2.05, 4.69) is 93.9 Å². The third-order valence-corrected chi connectivity index (χ3v) is 5.68. The van der Waals surface area contributed by atoms with Crippen molar-refractivity contribution in [3.63, 3.8) is 0 Å². The third-order valence-electron chi connectivity index (χ3n) is 5.68. The Morgan fingerprint density at radius 1 is 0.594 bits per heavy atom. The first kappa shape index (κ1) is 33.6. The summed E-state index contributed by atoms with van der Waals surface area (Å²) in [6.07, 6.45) is 4.25. The molecule has 0 bridgehead atoms. The van der Waals surface area contributed by atoms with Crippen molar-refractivity contribution in [3.05, 3.63) is 58.7 Å². The van der Waals surface area contributed by atoms with E-state index in [1.54, 1.807) is 0 Å². The van der Waals surface area contributed by atoms with Crippen LogP contribution in [0.1, 0.15) is 63.8 Å². The largest absolute Gasteiger partial charge is 2.00 e. The molecule has 0 aromatic heterocycles. The molecule has 0 saturated heterocycles. The molecule has 3 N–H and O–H groups in total. The normalized spacial score (nSPS) is 11.9. The monoisotopic (exact) mass is 612 g/mol. The zero-order chi connectivity index (χ0) is 21.2. The van der Waals surface area contributed by atoms with Crippen molar-refractivity contribution in [1.29, 1.82) is 0 Å². The van der Waals surface area contributed by atoms with Gasteiger partial charge in [-0.15, -0.1) is 0 Å². The number of rotatable bonds is 12. The van der Waals surface area contributed by atoms with Crippen molar-refractivity contribution in [2.45, 2.75) is 79.3 Å². The summed E-state index contributed by atoms with van der Waals surface area (Å²) in [5.41, 5.74) is 8.32. The van der Waals surface area contributed by atoms with Crippen LogP contribution in [0.2, 0.25) is 0 Å². The van der Waals surface area contributed by atoms with Crippen molar-refractivity contribution >= 4 is 11.4 Å². The van der Waals surface area contributed by atoms with Crippen LogP contribution in [0.5, 0.6) is 0 Å². The predicted octanol–water partition coefficient (Wildman–Crippen LogP) is -0.168. The van der Waals surface area contributed by atoms with Crippen LogP contribution >= 0.6 is 0 Å². The van der Waals surface area contributed by atoms with Crippen molar-refractivity contribution < 1.29 is 50.7 Å². The van der Waals surface area contributed by atoms with E-state index in [0.29, 0.717) is 12.1 Å². The van der Waals surface area contributed by atoms with Crippen molar-refractivity contribution in [2.75, 3.05) is 23.7 Å². The molecule has 0 aliphatic heterocycles. The van der Waals surface area contributed by atoms with Crippen LogP contribution in [-0.2, 0) is 42.5 Å². The Morgan fingerprint density at radius 2 is 0.875 bits per heavy atom. The molecule has 0 aliphatic rings. The van der Waals surface area contributed by atoms with Gasteiger partial charge in [-0.1, -0.05) is 64.1 Å². The fraction of sp³-hybridized carbons (Fsp3) is 0.538. The molecular weight excluding hydrogens is 573 g/mol. The molecule has 2 atom stereocenters. The van der Waals surface area contributed by atoms with E-state index < -0.39 is 0 Å². The summed E-state index contributed by atoms with van der Waals surface area (Å²) in [5.74, 6) is 0. The van der Waals surface area contributed by atoms with Gasteiger partial charge in [0.1, 0.15) is 0 Å². The Bertz CT molecular complexity index is 663. The minimum absolute atomic E-state index is 0. The van der Waals surface area contributed by atoms with E-state index in [1.807, 2.05) is 0 Å². The number of para-hydroxylation sites is 2. The van der Waals surface area contributed by atoms with Gasteiger partial charge in [-0.2, -0.15) is 0 Å². The Balaban J connectivity index is 0. The number of aryl methyl sites for hydroxylation is 4. The molecule has 2 aromatic rings. The molecule has 32 heavy (non-hydrogen) atoms. The van der Waals surface area contributed by atoms with Gasteiger partial charge in [0.2, 0.25) is 0 Å². The van der Waals surface area contributed by atoms with Crippen LogP contribution in [0, 0.1) is 0 Å². The molecule has 0 aliphatic carbocycles. The van der Waals surface area contributed by atoms with Crippen LogP contribution in [0.25, 0.3) is 0 Å².